The maximum atomic E-state index is 14.0. The minimum absolute atomic E-state index is 0.103. The number of alkyl halides is 2. The number of nitrogens with zero attached hydrogens (tertiary/aromatic N) is 3. The van der Waals surface area contributed by atoms with E-state index in [0.717, 1.165) is 5.57 Å². The summed E-state index contributed by atoms with van der Waals surface area (Å²) in [6, 6.07) is 6.20. The van der Waals surface area contributed by atoms with Gasteiger partial charge in [-0.05, 0) is 11.6 Å². The molecule has 2 heterocycles. The lowest BCUT2D eigenvalue weighted by atomic mass is 10.0. The first-order valence-corrected chi connectivity index (χ1v) is 7.21. The van der Waals surface area contributed by atoms with Crippen molar-refractivity contribution in [3.63, 3.8) is 0 Å². The van der Waals surface area contributed by atoms with E-state index < -0.39 is 11.8 Å². The van der Waals surface area contributed by atoms with Gasteiger partial charge in [0.15, 0.2) is 11.6 Å². The quantitative estimate of drug-likeness (QED) is 0.867. The lowest BCUT2D eigenvalue weighted by Crippen LogP contribution is -2.10. The predicted octanol–water partition coefficient (Wildman–Crippen LogP) is 3.62. The molecule has 0 spiro atoms. The Kier molecular flexibility index (Phi) is 2.74. The highest BCUT2D eigenvalue weighted by molar-refractivity contribution is 5.62. The highest BCUT2D eigenvalue weighted by atomic mass is 19.3. The number of halogens is 3. The summed E-state index contributed by atoms with van der Waals surface area (Å²) in [7, 11) is 0. The van der Waals surface area contributed by atoms with Crippen LogP contribution in [0.4, 0.5) is 13.2 Å². The first-order valence-electron chi connectivity index (χ1n) is 7.21. The molecule has 1 aliphatic heterocycles. The number of fused-ring (bicyclic) bond motifs is 1. The topological polar surface area (TPSA) is 30.7 Å². The van der Waals surface area contributed by atoms with E-state index in [-0.39, 0.29) is 24.7 Å². The second kappa shape index (κ2) is 4.44. The summed E-state index contributed by atoms with van der Waals surface area (Å²) in [6.45, 7) is 3.94. The molecular weight excluding hydrogens is 291 g/mol. The lowest BCUT2D eigenvalue weighted by molar-refractivity contribution is 0.0984. The number of benzene rings is 1. The SMILES string of the molecule is C=C1C[C@@H](c2ccccc2F)n2nc(CC3CC3(F)F)nc21. The summed E-state index contributed by atoms with van der Waals surface area (Å²) >= 11 is 0. The van der Waals surface area contributed by atoms with Crippen molar-refractivity contribution in [1.82, 2.24) is 14.8 Å². The number of aromatic nitrogens is 3. The van der Waals surface area contributed by atoms with Gasteiger partial charge in [0.05, 0.1) is 6.04 Å². The van der Waals surface area contributed by atoms with Crippen LogP contribution in [0.2, 0.25) is 0 Å². The fourth-order valence-corrected chi connectivity index (χ4v) is 3.02. The summed E-state index contributed by atoms with van der Waals surface area (Å²) < 4.78 is 41.7. The molecule has 2 aliphatic rings. The van der Waals surface area contributed by atoms with Crippen molar-refractivity contribution in [1.29, 1.82) is 0 Å². The summed E-state index contributed by atoms with van der Waals surface area (Å²) in [6.07, 6.45) is 0.592. The van der Waals surface area contributed by atoms with E-state index in [0.29, 0.717) is 23.6 Å². The Hall–Kier alpha value is -2.11. The summed E-state index contributed by atoms with van der Waals surface area (Å²) in [5, 5.41) is 4.33. The van der Waals surface area contributed by atoms with Gasteiger partial charge in [-0.2, -0.15) is 5.10 Å². The zero-order valence-electron chi connectivity index (χ0n) is 11.8. The van der Waals surface area contributed by atoms with Gasteiger partial charge in [-0.15, -0.1) is 0 Å². The number of allylic oxidation sites excluding steroid dienone is 1. The molecule has 1 unspecified atom stereocenters. The van der Waals surface area contributed by atoms with Gasteiger partial charge >= 0.3 is 0 Å². The molecule has 6 heteroatoms. The van der Waals surface area contributed by atoms with Crippen LogP contribution in [0.3, 0.4) is 0 Å². The van der Waals surface area contributed by atoms with E-state index in [1.807, 2.05) is 0 Å². The van der Waals surface area contributed by atoms with E-state index in [9.17, 15) is 13.2 Å². The van der Waals surface area contributed by atoms with E-state index in [2.05, 4.69) is 16.7 Å². The van der Waals surface area contributed by atoms with Crippen molar-refractivity contribution < 1.29 is 13.2 Å². The van der Waals surface area contributed by atoms with Gasteiger partial charge in [-0.1, -0.05) is 24.8 Å². The van der Waals surface area contributed by atoms with Crippen LogP contribution in [0.5, 0.6) is 0 Å². The van der Waals surface area contributed by atoms with Crippen LogP contribution in [0, 0.1) is 11.7 Å². The molecule has 0 radical (unpaired) electrons. The van der Waals surface area contributed by atoms with Crippen molar-refractivity contribution in [2.24, 2.45) is 5.92 Å². The van der Waals surface area contributed by atoms with Crippen molar-refractivity contribution in [2.45, 2.75) is 31.2 Å². The fraction of sp³-hybridized carbons (Fsp3) is 0.375. The second-order valence-electron chi connectivity index (χ2n) is 6.01. The Balaban J connectivity index is 1.66. The maximum absolute atomic E-state index is 14.0. The van der Waals surface area contributed by atoms with Gasteiger partial charge in [0.25, 0.3) is 5.92 Å². The molecule has 2 atom stereocenters. The van der Waals surface area contributed by atoms with Crippen LogP contribution in [0.15, 0.2) is 30.8 Å². The van der Waals surface area contributed by atoms with E-state index in [1.54, 1.807) is 22.9 Å². The van der Waals surface area contributed by atoms with Gasteiger partial charge in [0.2, 0.25) is 0 Å². The predicted molar refractivity (Wildman–Crippen MR) is 75.0 cm³/mol. The minimum atomic E-state index is -2.59. The third-order valence-corrected chi connectivity index (χ3v) is 4.38. The average molecular weight is 305 g/mol. The lowest BCUT2D eigenvalue weighted by Gasteiger charge is -2.12. The van der Waals surface area contributed by atoms with Crippen LogP contribution in [0.25, 0.3) is 5.57 Å². The Bertz CT molecular complexity index is 766. The van der Waals surface area contributed by atoms with Gasteiger partial charge in [0.1, 0.15) is 5.82 Å². The standard InChI is InChI=1S/C16H14F3N3/c1-9-6-13(11-4-2-3-5-12(11)17)22-15(9)20-14(21-22)7-10-8-16(10,18)19/h2-5,10,13H,1,6-8H2/t10?,13-/m0/s1. The average Bonchev–Trinajstić information content (AvgIpc) is 2.81. The molecule has 4 rings (SSSR count). The molecule has 0 amide bonds. The van der Waals surface area contributed by atoms with Crippen molar-refractivity contribution in [3.05, 3.63) is 53.9 Å². The summed E-state index contributed by atoms with van der Waals surface area (Å²) in [5.41, 5.74) is 1.28. The first-order chi connectivity index (χ1) is 10.5. The Morgan fingerprint density at radius 3 is 2.73 bits per heavy atom. The molecule has 1 saturated carbocycles. The van der Waals surface area contributed by atoms with Crippen molar-refractivity contribution in [3.8, 4) is 0 Å². The molecule has 0 bridgehead atoms. The highest BCUT2D eigenvalue weighted by Gasteiger charge is 2.57. The van der Waals surface area contributed by atoms with Crippen molar-refractivity contribution >= 4 is 5.57 Å². The molecule has 1 aliphatic carbocycles. The van der Waals surface area contributed by atoms with E-state index in [4.69, 9.17) is 0 Å². The number of rotatable bonds is 3. The van der Waals surface area contributed by atoms with Crippen LogP contribution in [0.1, 0.15) is 36.1 Å². The smallest absolute Gasteiger partial charge is 0.238 e. The summed E-state index contributed by atoms with van der Waals surface area (Å²) in [5.74, 6) is -2.60. The molecule has 1 aromatic carbocycles. The molecule has 0 saturated heterocycles. The molecule has 114 valence electrons. The molecule has 0 N–H and O–H groups in total. The summed E-state index contributed by atoms with van der Waals surface area (Å²) in [4.78, 5) is 4.32. The zero-order valence-corrected chi connectivity index (χ0v) is 11.8. The number of hydrogen-bond acceptors (Lipinski definition) is 2. The third-order valence-electron chi connectivity index (χ3n) is 4.38. The van der Waals surface area contributed by atoms with Crippen LogP contribution in [-0.4, -0.2) is 20.7 Å². The molecule has 3 nitrogen and oxygen atoms in total. The molecule has 1 fully saturated rings. The van der Waals surface area contributed by atoms with Crippen LogP contribution >= 0.6 is 0 Å². The molecule has 1 aromatic heterocycles. The Morgan fingerprint density at radius 2 is 2.05 bits per heavy atom. The van der Waals surface area contributed by atoms with Gasteiger partial charge in [-0.3, -0.25) is 0 Å². The largest absolute Gasteiger partial charge is 0.252 e. The fourth-order valence-electron chi connectivity index (χ4n) is 3.02. The van der Waals surface area contributed by atoms with E-state index in [1.165, 1.54) is 6.07 Å². The zero-order chi connectivity index (χ0) is 15.5. The third kappa shape index (κ3) is 2.05. The Labute approximate surface area is 125 Å². The highest BCUT2D eigenvalue weighted by Crippen LogP contribution is 2.50. The Morgan fingerprint density at radius 1 is 1.32 bits per heavy atom. The van der Waals surface area contributed by atoms with Crippen LogP contribution in [-0.2, 0) is 6.42 Å². The normalized spacial score (nSPS) is 25.3. The van der Waals surface area contributed by atoms with Gasteiger partial charge in [0, 0.05) is 30.7 Å². The van der Waals surface area contributed by atoms with Crippen molar-refractivity contribution in [2.75, 3.05) is 0 Å². The monoisotopic (exact) mass is 305 g/mol. The molecule has 22 heavy (non-hydrogen) atoms. The van der Waals surface area contributed by atoms with Crippen LogP contribution < -0.4 is 0 Å². The maximum Gasteiger partial charge on any atom is 0.252 e. The minimum Gasteiger partial charge on any atom is -0.238 e. The number of hydrogen-bond donors (Lipinski definition) is 0. The second-order valence-corrected chi connectivity index (χ2v) is 6.01. The van der Waals surface area contributed by atoms with Gasteiger partial charge in [-0.25, -0.2) is 22.8 Å². The first kappa shape index (κ1) is 13.5. The van der Waals surface area contributed by atoms with Gasteiger partial charge < -0.3 is 0 Å². The molecular formula is C16H14F3N3. The molecule has 2 aromatic rings. The van der Waals surface area contributed by atoms with E-state index >= 15 is 0 Å².